The van der Waals surface area contributed by atoms with E-state index in [0.717, 1.165) is 0 Å². The van der Waals surface area contributed by atoms with Gasteiger partial charge in [-0.2, -0.15) is 0 Å². The monoisotopic (exact) mass is 265 g/mol. The van der Waals surface area contributed by atoms with Crippen LogP contribution in [0, 0.1) is 0 Å². The number of hydrogen-bond acceptors (Lipinski definition) is 3. The lowest BCUT2D eigenvalue weighted by atomic mass is 9.88. The number of benzene rings is 1. The number of anilines is 1. The van der Waals surface area contributed by atoms with Crippen LogP contribution in [0.1, 0.15) is 11.1 Å². The molecule has 0 fully saturated rings. The Balaban J connectivity index is 2.60. The van der Waals surface area contributed by atoms with Crippen molar-refractivity contribution in [2.24, 2.45) is 5.73 Å². The van der Waals surface area contributed by atoms with E-state index < -0.39 is 5.67 Å². The molecule has 0 saturated carbocycles. The van der Waals surface area contributed by atoms with Gasteiger partial charge in [0.15, 0.2) is 5.67 Å². The van der Waals surface area contributed by atoms with E-state index in [1.165, 1.54) is 12.3 Å². The van der Waals surface area contributed by atoms with Gasteiger partial charge in [0, 0.05) is 18.3 Å². The summed E-state index contributed by atoms with van der Waals surface area (Å²) in [5, 5.41) is 0.325. The Kier molecular flexibility index (Phi) is 3.50. The average Bonchev–Trinajstić information content (AvgIpc) is 2.41. The Bertz CT molecular complexity index is 547. The molecule has 3 nitrogen and oxygen atoms in total. The maximum atomic E-state index is 15.1. The molecule has 0 amide bonds. The summed E-state index contributed by atoms with van der Waals surface area (Å²) in [6.07, 6.45) is 1.38. The number of halogens is 2. The van der Waals surface area contributed by atoms with Crippen LogP contribution in [0.3, 0.4) is 0 Å². The average molecular weight is 266 g/mol. The molecule has 1 unspecified atom stereocenters. The molecule has 5 heteroatoms. The molecule has 0 radical (unpaired) electrons. The molecule has 0 aliphatic heterocycles. The summed E-state index contributed by atoms with van der Waals surface area (Å²) >= 11 is 5.84. The molecule has 0 aliphatic rings. The zero-order valence-corrected chi connectivity index (χ0v) is 10.4. The van der Waals surface area contributed by atoms with Crippen molar-refractivity contribution in [3.63, 3.8) is 0 Å². The maximum absolute atomic E-state index is 15.1. The van der Waals surface area contributed by atoms with E-state index in [0.29, 0.717) is 10.6 Å². The zero-order valence-electron chi connectivity index (χ0n) is 9.61. The van der Waals surface area contributed by atoms with E-state index >= 15 is 4.39 Å². The number of rotatable bonds is 3. The van der Waals surface area contributed by atoms with Crippen LogP contribution in [0.2, 0.25) is 5.02 Å². The van der Waals surface area contributed by atoms with Crippen molar-refractivity contribution >= 4 is 17.4 Å². The van der Waals surface area contributed by atoms with Crippen LogP contribution in [0.25, 0.3) is 0 Å². The lowest BCUT2D eigenvalue weighted by Crippen LogP contribution is -2.32. The standard InChI is InChI=1S/C13H13ClFN3/c14-10-6-11(12(17)18-7-10)13(15,8-16)9-4-2-1-3-5-9/h1-7H,8,16H2,(H2,17,18). The van der Waals surface area contributed by atoms with Crippen LogP contribution in [-0.4, -0.2) is 11.5 Å². The van der Waals surface area contributed by atoms with Crippen molar-refractivity contribution in [1.82, 2.24) is 4.98 Å². The predicted octanol–water partition coefficient (Wildman–Crippen LogP) is 2.49. The summed E-state index contributed by atoms with van der Waals surface area (Å²) in [6, 6.07) is 10.1. The molecule has 0 spiro atoms. The molecule has 1 aromatic carbocycles. The van der Waals surface area contributed by atoms with Crippen LogP contribution in [-0.2, 0) is 5.67 Å². The number of alkyl halides is 1. The van der Waals surface area contributed by atoms with E-state index in [1.54, 1.807) is 30.3 Å². The van der Waals surface area contributed by atoms with Gasteiger partial charge < -0.3 is 11.5 Å². The molecule has 0 saturated heterocycles. The van der Waals surface area contributed by atoms with Crippen molar-refractivity contribution in [3.8, 4) is 0 Å². The van der Waals surface area contributed by atoms with Crippen molar-refractivity contribution in [2.45, 2.75) is 5.67 Å². The first-order valence-electron chi connectivity index (χ1n) is 5.44. The molecule has 18 heavy (non-hydrogen) atoms. The number of nitrogens with two attached hydrogens (primary N) is 2. The summed E-state index contributed by atoms with van der Waals surface area (Å²) in [5.41, 5.74) is 10.1. The Morgan fingerprint density at radius 2 is 1.94 bits per heavy atom. The van der Waals surface area contributed by atoms with Gasteiger partial charge in [-0.15, -0.1) is 0 Å². The van der Waals surface area contributed by atoms with E-state index in [2.05, 4.69) is 4.98 Å². The lowest BCUT2D eigenvalue weighted by molar-refractivity contribution is 0.233. The van der Waals surface area contributed by atoms with Crippen LogP contribution >= 0.6 is 11.6 Å². The number of nitrogen functional groups attached to an aromatic ring is 1. The van der Waals surface area contributed by atoms with E-state index in [9.17, 15) is 0 Å². The highest BCUT2D eigenvalue weighted by molar-refractivity contribution is 6.30. The summed E-state index contributed by atoms with van der Waals surface area (Å²) in [4.78, 5) is 3.87. The normalized spacial score (nSPS) is 14.2. The minimum absolute atomic E-state index is 0.0937. The maximum Gasteiger partial charge on any atom is 0.176 e. The third-order valence-electron chi connectivity index (χ3n) is 2.82. The van der Waals surface area contributed by atoms with Crippen molar-refractivity contribution in [1.29, 1.82) is 0 Å². The molecule has 0 bridgehead atoms. The van der Waals surface area contributed by atoms with Crippen LogP contribution in [0.4, 0.5) is 10.2 Å². The first kappa shape index (κ1) is 12.8. The molecule has 2 rings (SSSR count). The second kappa shape index (κ2) is 4.92. The molecule has 0 aliphatic carbocycles. The Morgan fingerprint density at radius 1 is 1.28 bits per heavy atom. The lowest BCUT2D eigenvalue weighted by Gasteiger charge is -2.25. The number of hydrogen-bond donors (Lipinski definition) is 2. The van der Waals surface area contributed by atoms with Gasteiger partial charge in [0.25, 0.3) is 0 Å². The molecule has 1 aromatic heterocycles. The van der Waals surface area contributed by atoms with Crippen molar-refractivity contribution in [3.05, 3.63) is 58.7 Å². The molecule has 94 valence electrons. The van der Waals surface area contributed by atoms with E-state index in [4.69, 9.17) is 23.1 Å². The smallest absolute Gasteiger partial charge is 0.176 e. The summed E-state index contributed by atoms with van der Waals surface area (Å²) in [7, 11) is 0. The van der Waals surface area contributed by atoms with Crippen molar-refractivity contribution < 1.29 is 4.39 Å². The van der Waals surface area contributed by atoms with Gasteiger partial charge in [-0.3, -0.25) is 0 Å². The first-order chi connectivity index (χ1) is 8.58. The van der Waals surface area contributed by atoms with Crippen molar-refractivity contribution in [2.75, 3.05) is 12.3 Å². The van der Waals surface area contributed by atoms with Gasteiger partial charge in [-0.25, -0.2) is 9.37 Å². The number of nitrogens with zero attached hydrogens (tertiary/aromatic N) is 1. The predicted molar refractivity (Wildman–Crippen MR) is 71.0 cm³/mol. The van der Waals surface area contributed by atoms with Crippen LogP contribution in [0.15, 0.2) is 42.6 Å². The third-order valence-corrected chi connectivity index (χ3v) is 3.03. The number of aromatic nitrogens is 1. The molecule has 2 aromatic rings. The van der Waals surface area contributed by atoms with Gasteiger partial charge in [-0.05, 0) is 11.6 Å². The second-order valence-electron chi connectivity index (χ2n) is 3.96. The molecule has 1 atom stereocenters. The highest BCUT2D eigenvalue weighted by Gasteiger charge is 2.35. The highest BCUT2D eigenvalue weighted by Crippen LogP contribution is 2.36. The second-order valence-corrected chi connectivity index (χ2v) is 4.39. The Morgan fingerprint density at radius 3 is 2.56 bits per heavy atom. The summed E-state index contributed by atoms with van der Waals surface area (Å²) in [5.74, 6) is 0.0937. The fourth-order valence-electron chi connectivity index (χ4n) is 1.85. The van der Waals surface area contributed by atoms with Gasteiger partial charge >= 0.3 is 0 Å². The van der Waals surface area contributed by atoms with E-state index in [-0.39, 0.29) is 17.9 Å². The van der Waals surface area contributed by atoms with Crippen LogP contribution in [0.5, 0.6) is 0 Å². The molecule has 4 N–H and O–H groups in total. The van der Waals surface area contributed by atoms with Gasteiger partial charge in [-0.1, -0.05) is 41.9 Å². The Hall–Kier alpha value is -1.65. The SMILES string of the molecule is NCC(F)(c1ccccc1)c1cc(Cl)cnc1N. The van der Waals surface area contributed by atoms with E-state index in [1.807, 2.05) is 0 Å². The van der Waals surface area contributed by atoms with Crippen LogP contribution < -0.4 is 11.5 Å². The quantitative estimate of drug-likeness (QED) is 0.896. The topological polar surface area (TPSA) is 64.9 Å². The summed E-state index contributed by atoms with van der Waals surface area (Å²) < 4.78 is 15.1. The minimum Gasteiger partial charge on any atom is -0.383 e. The minimum atomic E-state index is -1.89. The number of pyridine rings is 1. The van der Waals surface area contributed by atoms with Gasteiger partial charge in [0.2, 0.25) is 0 Å². The fraction of sp³-hybridized carbons (Fsp3) is 0.154. The van der Waals surface area contributed by atoms with Gasteiger partial charge in [0.1, 0.15) is 5.82 Å². The summed E-state index contributed by atoms with van der Waals surface area (Å²) in [6.45, 7) is -0.233. The fourth-order valence-corrected chi connectivity index (χ4v) is 2.01. The van der Waals surface area contributed by atoms with Gasteiger partial charge in [0.05, 0.1) is 5.02 Å². The zero-order chi connectivity index (χ0) is 13.2. The molecular formula is C13H13ClFN3. The first-order valence-corrected chi connectivity index (χ1v) is 5.81. The Labute approximate surface area is 110 Å². The third kappa shape index (κ3) is 2.17. The highest BCUT2D eigenvalue weighted by atomic mass is 35.5. The largest absolute Gasteiger partial charge is 0.383 e. The molecule has 1 heterocycles. The molecular weight excluding hydrogens is 253 g/mol.